The summed E-state index contributed by atoms with van der Waals surface area (Å²) in [7, 11) is 1.65. The van der Waals surface area contributed by atoms with Crippen molar-refractivity contribution in [2.45, 2.75) is 12.8 Å². The van der Waals surface area contributed by atoms with Crippen LogP contribution in [0.2, 0.25) is 0 Å². The smallest absolute Gasteiger partial charge is 0.233 e. The van der Waals surface area contributed by atoms with E-state index in [-0.39, 0.29) is 11.8 Å². The highest BCUT2D eigenvalue weighted by atomic mass is 16.5. The molecule has 2 heterocycles. The average molecular weight is 245 g/mol. The Hall–Kier alpha value is -1.93. The summed E-state index contributed by atoms with van der Waals surface area (Å²) in [6.45, 7) is 1.18. The molecule has 1 atom stereocenters. The van der Waals surface area contributed by atoms with E-state index < -0.39 is 0 Å². The predicted octanol–water partition coefficient (Wildman–Crippen LogP) is 1.34. The SMILES string of the molecule is CN(C(=O)C1CCCOC1)c1ncccc1C#N. The van der Waals surface area contributed by atoms with E-state index in [0.29, 0.717) is 18.0 Å². The molecule has 1 aromatic rings. The van der Waals surface area contributed by atoms with Gasteiger partial charge in [-0.05, 0) is 25.0 Å². The third-order valence-electron chi connectivity index (χ3n) is 3.06. The molecule has 0 saturated carbocycles. The Morgan fingerprint density at radius 1 is 1.67 bits per heavy atom. The van der Waals surface area contributed by atoms with E-state index in [1.807, 2.05) is 6.07 Å². The van der Waals surface area contributed by atoms with Crippen LogP contribution >= 0.6 is 0 Å². The zero-order chi connectivity index (χ0) is 13.0. The summed E-state index contributed by atoms with van der Waals surface area (Å²) >= 11 is 0. The lowest BCUT2D eigenvalue weighted by molar-refractivity contribution is -0.126. The Labute approximate surface area is 106 Å². The quantitative estimate of drug-likeness (QED) is 0.788. The number of nitrogens with zero attached hydrogens (tertiary/aromatic N) is 3. The lowest BCUT2D eigenvalue weighted by atomic mass is 10.0. The first kappa shape index (κ1) is 12.5. The molecule has 1 unspecified atom stereocenters. The van der Waals surface area contributed by atoms with Crippen LogP contribution in [0.5, 0.6) is 0 Å². The third kappa shape index (κ3) is 2.49. The first-order valence-electron chi connectivity index (χ1n) is 5.94. The molecule has 1 aliphatic rings. The summed E-state index contributed by atoms with van der Waals surface area (Å²) in [5.41, 5.74) is 0.407. The van der Waals surface area contributed by atoms with Crippen LogP contribution in [0.25, 0.3) is 0 Å². The second kappa shape index (κ2) is 5.61. The lowest BCUT2D eigenvalue weighted by Crippen LogP contribution is -2.37. The Morgan fingerprint density at radius 2 is 2.50 bits per heavy atom. The van der Waals surface area contributed by atoms with Crippen LogP contribution in [-0.4, -0.2) is 31.2 Å². The van der Waals surface area contributed by atoms with Crippen LogP contribution in [-0.2, 0) is 9.53 Å². The van der Waals surface area contributed by atoms with Gasteiger partial charge in [0, 0.05) is 19.9 Å². The van der Waals surface area contributed by atoms with Gasteiger partial charge in [0.2, 0.25) is 5.91 Å². The highest BCUT2D eigenvalue weighted by Crippen LogP contribution is 2.21. The standard InChI is InChI=1S/C13H15N3O2/c1-16(12-10(8-14)4-2-6-15-12)13(17)11-5-3-7-18-9-11/h2,4,6,11H,3,5,7,9H2,1H3. The van der Waals surface area contributed by atoms with E-state index in [2.05, 4.69) is 4.98 Å². The van der Waals surface area contributed by atoms with E-state index in [4.69, 9.17) is 10.00 Å². The minimum Gasteiger partial charge on any atom is -0.381 e. The van der Waals surface area contributed by atoms with Crippen molar-refractivity contribution in [2.24, 2.45) is 5.92 Å². The monoisotopic (exact) mass is 245 g/mol. The summed E-state index contributed by atoms with van der Waals surface area (Å²) in [6.07, 6.45) is 3.31. The lowest BCUT2D eigenvalue weighted by Gasteiger charge is -2.26. The first-order valence-corrected chi connectivity index (χ1v) is 5.94. The zero-order valence-electron chi connectivity index (χ0n) is 10.3. The number of amides is 1. The van der Waals surface area contributed by atoms with Crippen LogP contribution in [0, 0.1) is 17.2 Å². The van der Waals surface area contributed by atoms with E-state index in [9.17, 15) is 4.79 Å². The van der Waals surface area contributed by atoms with E-state index in [0.717, 1.165) is 19.4 Å². The van der Waals surface area contributed by atoms with Crippen molar-refractivity contribution >= 4 is 11.7 Å². The number of anilines is 1. The number of carbonyl (C=O) groups is 1. The second-order valence-electron chi connectivity index (χ2n) is 4.30. The van der Waals surface area contributed by atoms with E-state index in [1.165, 1.54) is 4.90 Å². The molecule has 1 amide bonds. The van der Waals surface area contributed by atoms with Gasteiger partial charge in [0.05, 0.1) is 18.1 Å². The molecule has 1 saturated heterocycles. The van der Waals surface area contributed by atoms with Crippen LogP contribution in [0.3, 0.4) is 0 Å². The minimum absolute atomic E-state index is 0.0371. The fourth-order valence-corrected chi connectivity index (χ4v) is 2.07. The van der Waals surface area contributed by atoms with Gasteiger partial charge in [0.1, 0.15) is 6.07 Å². The van der Waals surface area contributed by atoms with Crippen molar-refractivity contribution in [2.75, 3.05) is 25.2 Å². The Kier molecular flexibility index (Phi) is 3.90. The van der Waals surface area contributed by atoms with Gasteiger partial charge in [-0.3, -0.25) is 9.69 Å². The van der Waals surface area contributed by atoms with Gasteiger partial charge in [-0.2, -0.15) is 5.26 Å². The van der Waals surface area contributed by atoms with Gasteiger partial charge in [0.15, 0.2) is 5.82 Å². The number of rotatable bonds is 2. The maximum atomic E-state index is 12.3. The molecule has 1 aromatic heterocycles. The molecule has 0 radical (unpaired) electrons. The number of ether oxygens (including phenoxy) is 1. The molecule has 5 heteroatoms. The molecule has 5 nitrogen and oxygen atoms in total. The second-order valence-corrected chi connectivity index (χ2v) is 4.30. The highest BCUT2D eigenvalue weighted by Gasteiger charge is 2.26. The highest BCUT2D eigenvalue weighted by molar-refractivity contribution is 5.94. The number of hydrogen-bond donors (Lipinski definition) is 0. The topological polar surface area (TPSA) is 66.2 Å². The largest absolute Gasteiger partial charge is 0.381 e. The normalized spacial score (nSPS) is 19.0. The number of hydrogen-bond acceptors (Lipinski definition) is 4. The van der Waals surface area contributed by atoms with Crippen molar-refractivity contribution in [1.82, 2.24) is 4.98 Å². The van der Waals surface area contributed by atoms with Crippen LogP contribution < -0.4 is 4.90 Å². The van der Waals surface area contributed by atoms with Crippen molar-refractivity contribution in [3.8, 4) is 6.07 Å². The van der Waals surface area contributed by atoms with Gasteiger partial charge in [-0.1, -0.05) is 0 Å². The van der Waals surface area contributed by atoms with Crippen molar-refractivity contribution < 1.29 is 9.53 Å². The van der Waals surface area contributed by atoms with E-state index in [1.54, 1.807) is 25.4 Å². The molecule has 2 rings (SSSR count). The van der Waals surface area contributed by atoms with Crippen LogP contribution in [0.1, 0.15) is 18.4 Å². The summed E-state index contributed by atoms with van der Waals surface area (Å²) in [5, 5.41) is 9.01. The van der Waals surface area contributed by atoms with Gasteiger partial charge < -0.3 is 4.74 Å². The summed E-state index contributed by atoms with van der Waals surface area (Å²) in [6, 6.07) is 5.39. The fourth-order valence-electron chi connectivity index (χ4n) is 2.07. The minimum atomic E-state index is -0.128. The van der Waals surface area contributed by atoms with Gasteiger partial charge in [-0.15, -0.1) is 0 Å². The van der Waals surface area contributed by atoms with Crippen LogP contribution in [0.4, 0.5) is 5.82 Å². The molecule has 1 aliphatic heterocycles. The summed E-state index contributed by atoms with van der Waals surface area (Å²) in [4.78, 5) is 17.8. The fraction of sp³-hybridized carbons (Fsp3) is 0.462. The third-order valence-corrected chi connectivity index (χ3v) is 3.06. The Morgan fingerprint density at radius 3 is 3.17 bits per heavy atom. The molecule has 94 valence electrons. The molecule has 0 bridgehead atoms. The van der Waals surface area contributed by atoms with E-state index >= 15 is 0 Å². The Balaban J connectivity index is 2.17. The maximum absolute atomic E-state index is 12.3. The molecule has 0 N–H and O–H groups in total. The summed E-state index contributed by atoms with van der Waals surface area (Å²) in [5.74, 6) is 0.248. The molecule has 18 heavy (non-hydrogen) atoms. The zero-order valence-corrected chi connectivity index (χ0v) is 10.3. The molecule has 0 aliphatic carbocycles. The molecule has 1 fully saturated rings. The number of pyridine rings is 1. The number of nitriles is 1. The number of aromatic nitrogens is 1. The molecule has 0 spiro atoms. The van der Waals surface area contributed by atoms with Crippen molar-refractivity contribution in [1.29, 1.82) is 5.26 Å². The molecular weight excluding hydrogens is 230 g/mol. The first-order chi connectivity index (χ1) is 8.74. The van der Waals surface area contributed by atoms with Crippen LogP contribution in [0.15, 0.2) is 18.3 Å². The average Bonchev–Trinajstić information content (AvgIpc) is 2.46. The van der Waals surface area contributed by atoms with Gasteiger partial charge in [-0.25, -0.2) is 4.98 Å². The molecular formula is C13H15N3O2. The predicted molar refractivity (Wildman–Crippen MR) is 65.9 cm³/mol. The summed E-state index contributed by atoms with van der Waals surface area (Å²) < 4.78 is 5.31. The Bertz CT molecular complexity index is 475. The van der Waals surface area contributed by atoms with Gasteiger partial charge in [0.25, 0.3) is 0 Å². The maximum Gasteiger partial charge on any atom is 0.233 e. The molecule has 0 aromatic carbocycles. The van der Waals surface area contributed by atoms with Gasteiger partial charge >= 0.3 is 0 Å². The van der Waals surface area contributed by atoms with Crippen molar-refractivity contribution in [3.05, 3.63) is 23.9 Å². The number of carbonyl (C=O) groups excluding carboxylic acids is 1. The van der Waals surface area contributed by atoms with Crippen molar-refractivity contribution in [3.63, 3.8) is 0 Å².